The molecule has 0 aliphatic heterocycles. The molecule has 1 amide bonds. The van der Waals surface area contributed by atoms with Gasteiger partial charge in [-0.3, -0.25) is 4.79 Å². The minimum absolute atomic E-state index is 0.229. The van der Waals surface area contributed by atoms with Crippen LogP contribution in [0.15, 0.2) is 42.5 Å². The second kappa shape index (κ2) is 10.1. The van der Waals surface area contributed by atoms with Gasteiger partial charge in [0.15, 0.2) is 24.2 Å². The molecule has 0 heterocycles. The lowest BCUT2D eigenvalue weighted by atomic mass is 10.2. The first kappa shape index (κ1) is 21.0. The highest BCUT2D eigenvalue weighted by Gasteiger charge is 2.18. The Kier molecular flexibility index (Phi) is 7.62. The maximum atomic E-state index is 12.8. The summed E-state index contributed by atoms with van der Waals surface area (Å²) in [7, 11) is 3.06. The van der Waals surface area contributed by atoms with Crippen LogP contribution in [0.2, 0.25) is 0 Å². The van der Waals surface area contributed by atoms with Crippen molar-refractivity contribution in [3.05, 3.63) is 53.8 Å². The number of carbonyl (C=O) groups is 2. The summed E-state index contributed by atoms with van der Waals surface area (Å²) in [5.74, 6) is -0.116. The highest BCUT2D eigenvalue weighted by atomic mass is 19.1. The summed E-state index contributed by atoms with van der Waals surface area (Å²) in [5.41, 5.74) is 0.796. The van der Waals surface area contributed by atoms with Crippen molar-refractivity contribution in [3.8, 4) is 17.2 Å². The van der Waals surface area contributed by atoms with Gasteiger partial charge >= 0.3 is 5.97 Å². The molecule has 1 N–H and O–H groups in total. The van der Waals surface area contributed by atoms with E-state index in [1.54, 1.807) is 18.2 Å². The number of amides is 1. The molecule has 0 spiro atoms. The topological polar surface area (TPSA) is 83.1 Å². The van der Waals surface area contributed by atoms with Crippen molar-refractivity contribution in [1.29, 1.82) is 0 Å². The smallest absolute Gasteiger partial charge is 0.344 e. The lowest BCUT2D eigenvalue weighted by Crippen LogP contribution is -2.36. The number of nitrogens with one attached hydrogen (secondary N) is 1. The summed E-state index contributed by atoms with van der Waals surface area (Å²) in [6.45, 7) is 1.30. The predicted molar refractivity (Wildman–Crippen MR) is 98.8 cm³/mol. The van der Waals surface area contributed by atoms with Crippen molar-refractivity contribution in [3.63, 3.8) is 0 Å². The van der Waals surface area contributed by atoms with Gasteiger partial charge in [0.1, 0.15) is 11.6 Å². The Hall–Kier alpha value is -3.29. The van der Waals surface area contributed by atoms with Crippen molar-refractivity contribution < 1.29 is 32.9 Å². The molecule has 2 aromatic carbocycles. The third kappa shape index (κ3) is 6.15. The molecule has 0 bridgehead atoms. The van der Waals surface area contributed by atoms with Crippen LogP contribution in [0.3, 0.4) is 0 Å². The molecular formula is C20H22FNO6. The number of rotatable bonds is 9. The molecule has 0 aliphatic carbocycles. The molecule has 2 rings (SSSR count). The summed E-state index contributed by atoms with van der Waals surface area (Å²) in [5, 5.41) is 2.68. The highest BCUT2D eigenvalue weighted by Crippen LogP contribution is 2.27. The Morgan fingerprint density at radius 3 is 2.36 bits per heavy atom. The van der Waals surface area contributed by atoms with E-state index in [4.69, 9.17) is 18.9 Å². The lowest BCUT2D eigenvalue weighted by Gasteiger charge is -2.14. The molecule has 0 fully saturated rings. The van der Waals surface area contributed by atoms with Gasteiger partial charge in [-0.25, -0.2) is 9.18 Å². The van der Waals surface area contributed by atoms with Crippen LogP contribution in [0, 0.1) is 5.82 Å². The average Bonchev–Trinajstić information content (AvgIpc) is 2.71. The number of methoxy groups -OCH3 is 2. The van der Waals surface area contributed by atoms with Crippen LogP contribution in [0.25, 0.3) is 0 Å². The Labute approximate surface area is 162 Å². The van der Waals surface area contributed by atoms with Crippen LogP contribution < -0.4 is 19.5 Å². The molecule has 8 heteroatoms. The summed E-state index contributed by atoms with van der Waals surface area (Å²) < 4.78 is 33.4. The summed E-state index contributed by atoms with van der Waals surface area (Å²) in [6.07, 6.45) is -0.996. The molecule has 7 nitrogen and oxygen atoms in total. The van der Waals surface area contributed by atoms with Crippen LogP contribution in [-0.2, 0) is 20.9 Å². The van der Waals surface area contributed by atoms with Gasteiger partial charge in [-0.15, -0.1) is 0 Å². The fourth-order valence-corrected chi connectivity index (χ4v) is 2.28. The molecule has 2 aromatic rings. The number of benzene rings is 2. The Morgan fingerprint density at radius 1 is 1.04 bits per heavy atom. The normalized spacial score (nSPS) is 11.3. The zero-order valence-electron chi connectivity index (χ0n) is 15.9. The van der Waals surface area contributed by atoms with E-state index in [2.05, 4.69) is 5.32 Å². The molecule has 0 unspecified atom stereocenters. The minimum atomic E-state index is -0.996. The summed E-state index contributed by atoms with van der Waals surface area (Å²) in [4.78, 5) is 23.9. The van der Waals surface area contributed by atoms with Gasteiger partial charge in [-0.2, -0.15) is 0 Å². The fourth-order valence-electron chi connectivity index (χ4n) is 2.28. The van der Waals surface area contributed by atoms with Gasteiger partial charge in [0.25, 0.3) is 5.91 Å². The molecule has 0 saturated heterocycles. The lowest BCUT2D eigenvalue weighted by molar-refractivity contribution is -0.156. The van der Waals surface area contributed by atoms with Crippen LogP contribution in [0.1, 0.15) is 12.5 Å². The Bertz CT molecular complexity index is 809. The van der Waals surface area contributed by atoms with Crippen LogP contribution >= 0.6 is 0 Å². The van der Waals surface area contributed by atoms with E-state index >= 15 is 0 Å². The minimum Gasteiger partial charge on any atom is -0.493 e. The van der Waals surface area contributed by atoms with Crippen LogP contribution in [0.5, 0.6) is 17.2 Å². The van der Waals surface area contributed by atoms with E-state index in [1.165, 1.54) is 45.4 Å². The first-order chi connectivity index (χ1) is 13.4. The summed E-state index contributed by atoms with van der Waals surface area (Å²) >= 11 is 0. The number of esters is 1. The predicted octanol–water partition coefficient (Wildman–Crippen LogP) is 2.47. The van der Waals surface area contributed by atoms with Gasteiger partial charge in [0, 0.05) is 6.54 Å². The first-order valence-electron chi connectivity index (χ1n) is 8.49. The van der Waals surface area contributed by atoms with E-state index in [1.807, 2.05) is 0 Å². The Morgan fingerprint density at radius 2 is 1.71 bits per heavy atom. The van der Waals surface area contributed by atoms with E-state index in [-0.39, 0.29) is 13.2 Å². The standard InChI is InChI=1S/C20H22FNO6/c1-13(28-19(23)12-27-16-7-5-15(21)6-8-16)20(24)22-11-14-4-9-17(25-2)18(10-14)26-3/h4-10,13H,11-12H2,1-3H3,(H,22,24)/t13-/m0/s1. The van der Waals surface area contributed by atoms with Crippen molar-refractivity contribution >= 4 is 11.9 Å². The molecular weight excluding hydrogens is 369 g/mol. The van der Waals surface area contributed by atoms with Gasteiger partial charge in [-0.05, 0) is 48.9 Å². The zero-order valence-corrected chi connectivity index (χ0v) is 15.9. The van der Waals surface area contributed by atoms with Crippen LogP contribution in [-0.4, -0.2) is 38.8 Å². The SMILES string of the molecule is COc1ccc(CNC(=O)[C@H](C)OC(=O)COc2ccc(F)cc2)cc1OC. The first-order valence-corrected chi connectivity index (χ1v) is 8.49. The fraction of sp³-hybridized carbons (Fsp3) is 0.300. The maximum Gasteiger partial charge on any atom is 0.344 e. The van der Waals surface area contributed by atoms with Gasteiger partial charge in [0.05, 0.1) is 14.2 Å². The highest BCUT2D eigenvalue weighted by molar-refractivity contribution is 5.83. The molecule has 0 radical (unpaired) electrons. The van der Waals surface area contributed by atoms with E-state index in [0.717, 1.165) is 5.56 Å². The zero-order chi connectivity index (χ0) is 20.5. The number of halogens is 1. The van der Waals surface area contributed by atoms with Gasteiger partial charge < -0.3 is 24.3 Å². The van der Waals surface area contributed by atoms with E-state index < -0.39 is 23.8 Å². The van der Waals surface area contributed by atoms with Crippen molar-refractivity contribution in [1.82, 2.24) is 5.32 Å². The van der Waals surface area contributed by atoms with Gasteiger partial charge in [-0.1, -0.05) is 6.07 Å². The van der Waals surface area contributed by atoms with E-state index in [9.17, 15) is 14.0 Å². The quantitative estimate of drug-likeness (QED) is 0.662. The molecule has 0 aromatic heterocycles. The molecule has 0 saturated carbocycles. The van der Waals surface area contributed by atoms with Crippen molar-refractivity contribution in [2.45, 2.75) is 19.6 Å². The second-order valence-electron chi connectivity index (χ2n) is 5.78. The average molecular weight is 391 g/mol. The van der Waals surface area contributed by atoms with Crippen molar-refractivity contribution in [2.75, 3.05) is 20.8 Å². The molecule has 0 aliphatic rings. The largest absolute Gasteiger partial charge is 0.493 e. The summed E-state index contributed by atoms with van der Waals surface area (Å²) in [6, 6.07) is 10.5. The third-order valence-electron chi connectivity index (χ3n) is 3.76. The number of carbonyl (C=O) groups excluding carboxylic acids is 2. The molecule has 1 atom stereocenters. The maximum absolute atomic E-state index is 12.8. The number of hydrogen-bond donors (Lipinski definition) is 1. The number of ether oxygens (including phenoxy) is 4. The second-order valence-corrected chi connectivity index (χ2v) is 5.78. The van der Waals surface area contributed by atoms with Gasteiger partial charge in [0.2, 0.25) is 0 Å². The molecule has 150 valence electrons. The third-order valence-corrected chi connectivity index (χ3v) is 3.76. The number of hydrogen-bond acceptors (Lipinski definition) is 6. The van der Waals surface area contributed by atoms with E-state index in [0.29, 0.717) is 17.2 Å². The van der Waals surface area contributed by atoms with Crippen LogP contribution in [0.4, 0.5) is 4.39 Å². The monoisotopic (exact) mass is 391 g/mol. The molecule has 28 heavy (non-hydrogen) atoms. The Balaban J connectivity index is 1.78. The van der Waals surface area contributed by atoms with Crippen molar-refractivity contribution in [2.24, 2.45) is 0 Å².